The van der Waals surface area contributed by atoms with E-state index in [0.29, 0.717) is 6.54 Å². The fourth-order valence-corrected chi connectivity index (χ4v) is 2.67. The Bertz CT molecular complexity index is 411. The molecule has 1 aromatic rings. The lowest BCUT2D eigenvalue weighted by atomic mass is 10.0. The number of nitrogens with zero attached hydrogens (tertiary/aromatic N) is 1. The molecule has 1 atom stereocenters. The van der Waals surface area contributed by atoms with E-state index in [1.54, 1.807) is 0 Å². The first-order valence-corrected chi connectivity index (χ1v) is 7.36. The van der Waals surface area contributed by atoms with Crippen molar-refractivity contribution in [3.05, 3.63) is 34.3 Å². The van der Waals surface area contributed by atoms with Gasteiger partial charge in [-0.15, -0.1) is 0 Å². The number of halogens is 1. The van der Waals surface area contributed by atoms with E-state index >= 15 is 0 Å². The minimum absolute atomic E-state index is 0.00891. The lowest BCUT2D eigenvalue weighted by Crippen LogP contribution is -2.40. The van der Waals surface area contributed by atoms with Crippen molar-refractivity contribution < 1.29 is 4.79 Å². The lowest BCUT2D eigenvalue weighted by molar-refractivity contribution is -0.119. The van der Waals surface area contributed by atoms with E-state index in [2.05, 4.69) is 27.8 Å². The van der Waals surface area contributed by atoms with Gasteiger partial charge in [-0.2, -0.15) is 0 Å². The van der Waals surface area contributed by atoms with Gasteiger partial charge in [0.1, 0.15) is 0 Å². The zero-order valence-corrected chi connectivity index (χ0v) is 12.9. The molecule has 5 heteroatoms. The van der Waals surface area contributed by atoms with Crippen LogP contribution in [0.4, 0.5) is 0 Å². The molecule has 1 aromatic carbocycles. The molecule has 0 spiro atoms. The van der Waals surface area contributed by atoms with Crippen LogP contribution in [-0.2, 0) is 4.79 Å². The maximum absolute atomic E-state index is 11.2. The zero-order chi connectivity index (χ0) is 14.3. The summed E-state index contributed by atoms with van der Waals surface area (Å²) in [6.45, 7) is 3.64. The number of amides is 1. The summed E-state index contributed by atoms with van der Waals surface area (Å²) in [5.41, 5.74) is 12.3. The summed E-state index contributed by atoms with van der Waals surface area (Å²) in [5.74, 6) is -0.318. The molecule has 0 saturated heterocycles. The average Bonchev–Trinajstić information content (AvgIpc) is 2.38. The van der Waals surface area contributed by atoms with E-state index in [9.17, 15) is 4.79 Å². The van der Waals surface area contributed by atoms with Gasteiger partial charge < -0.3 is 11.5 Å². The highest BCUT2D eigenvalue weighted by Crippen LogP contribution is 2.27. The Morgan fingerprint density at radius 3 is 2.63 bits per heavy atom. The Kier molecular flexibility index (Phi) is 7.05. The quantitative estimate of drug-likeness (QED) is 0.767. The number of hydrogen-bond donors (Lipinski definition) is 2. The molecule has 0 bridgehead atoms. The van der Waals surface area contributed by atoms with Crippen molar-refractivity contribution in [2.75, 3.05) is 19.6 Å². The van der Waals surface area contributed by atoms with Crippen molar-refractivity contribution >= 4 is 21.8 Å². The second-order valence-electron chi connectivity index (χ2n) is 4.56. The highest BCUT2D eigenvalue weighted by Gasteiger charge is 2.21. The standard InChI is InChI=1S/C14H22BrN3O/c1-2-3-8-18(10-14(17)19)13(9-16)11-6-4-5-7-12(11)15/h4-7,13H,2-3,8-10,16H2,1H3,(H2,17,19). The molecule has 106 valence electrons. The third-order valence-corrected chi connectivity index (χ3v) is 3.81. The Balaban J connectivity index is 2.94. The van der Waals surface area contributed by atoms with Crippen molar-refractivity contribution in [2.24, 2.45) is 11.5 Å². The molecular weight excluding hydrogens is 306 g/mol. The van der Waals surface area contributed by atoms with Crippen LogP contribution in [0.5, 0.6) is 0 Å². The molecule has 4 nitrogen and oxygen atoms in total. The SMILES string of the molecule is CCCCN(CC(N)=O)C(CN)c1ccccc1Br. The van der Waals surface area contributed by atoms with Crippen molar-refractivity contribution in [1.82, 2.24) is 4.90 Å². The summed E-state index contributed by atoms with van der Waals surface area (Å²) in [4.78, 5) is 13.3. The van der Waals surface area contributed by atoms with Crippen LogP contribution in [0, 0.1) is 0 Å². The Labute approximate surface area is 123 Å². The minimum atomic E-state index is -0.318. The molecule has 0 saturated carbocycles. The van der Waals surface area contributed by atoms with Crippen LogP contribution >= 0.6 is 15.9 Å². The van der Waals surface area contributed by atoms with E-state index in [0.717, 1.165) is 29.4 Å². The maximum atomic E-state index is 11.2. The fraction of sp³-hybridized carbons (Fsp3) is 0.500. The molecule has 0 aliphatic carbocycles. The highest BCUT2D eigenvalue weighted by atomic mass is 79.9. The first-order chi connectivity index (χ1) is 9.10. The van der Waals surface area contributed by atoms with Crippen LogP contribution in [0.1, 0.15) is 31.4 Å². The summed E-state index contributed by atoms with van der Waals surface area (Å²) in [7, 11) is 0. The fourth-order valence-electron chi connectivity index (χ4n) is 2.12. The van der Waals surface area contributed by atoms with Crippen LogP contribution in [0.15, 0.2) is 28.7 Å². The van der Waals surface area contributed by atoms with Gasteiger partial charge in [-0.05, 0) is 24.6 Å². The molecule has 0 aliphatic heterocycles. The second kappa shape index (κ2) is 8.30. The van der Waals surface area contributed by atoms with Gasteiger partial charge in [-0.3, -0.25) is 9.69 Å². The molecular formula is C14H22BrN3O. The van der Waals surface area contributed by atoms with Crippen LogP contribution in [0.3, 0.4) is 0 Å². The molecule has 1 rings (SSSR count). The number of carbonyl (C=O) groups is 1. The van der Waals surface area contributed by atoms with Crippen molar-refractivity contribution in [2.45, 2.75) is 25.8 Å². The molecule has 19 heavy (non-hydrogen) atoms. The molecule has 0 aromatic heterocycles. The van der Waals surface area contributed by atoms with Crippen molar-refractivity contribution in [1.29, 1.82) is 0 Å². The van der Waals surface area contributed by atoms with Crippen molar-refractivity contribution in [3.8, 4) is 0 Å². The zero-order valence-electron chi connectivity index (χ0n) is 11.3. The van der Waals surface area contributed by atoms with E-state index in [1.807, 2.05) is 24.3 Å². The first kappa shape index (κ1) is 16.1. The van der Waals surface area contributed by atoms with Gasteiger partial charge in [-0.1, -0.05) is 47.5 Å². The van der Waals surface area contributed by atoms with E-state index < -0.39 is 0 Å². The van der Waals surface area contributed by atoms with Gasteiger partial charge in [-0.25, -0.2) is 0 Å². The average molecular weight is 328 g/mol. The minimum Gasteiger partial charge on any atom is -0.369 e. The number of nitrogens with two attached hydrogens (primary N) is 2. The molecule has 0 fully saturated rings. The van der Waals surface area contributed by atoms with Crippen molar-refractivity contribution in [3.63, 3.8) is 0 Å². The van der Waals surface area contributed by atoms with Gasteiger partial charge in [0.2, 0.25) is 5.91 Å². The smallest absolute Gasteiger partial charge is 0.231 e. The normalized spacial score (nSPS) is 12.6. The number of benzene rings is 1. The van der Waals surface area contributed by atoms with E-state index in [4.69, 9.17) is 11.5 Å². The van der Waals surface area contributed by atoms with Gasteiger partial charge in [0, 0.05) is 17.1 Å². The predicted molar refractivity (Wildman–Crippen MR) is 81.6 cm³/mol. The summed E-state index contributed by atoms with van der Waals surface area (Å²) in [6, 6.07) is 7.97. The number of primary amides is 1. The lowest BCUT2D eigenvalue weighted by Gasteiger charge is -2.30. The van der Waals surface area contributed by atoms with Crippen LogP contribution in [0.25, 0.3) is 0 Å². The van der Waals surface area contributed by atoms with Crippen LogP contribution in [-0.4, -0.2) is 30.4 Å². The molecule has 0 aliphatic rings. The molecule has 0 radical (unpaired) electrons. The van der Waals surface area contributed by atoms with Gasteiger partial charge in [0.15, 0.2) is 0 Å². The Morgan fingerprint density at radius 1 is 1.42 bits per heavy atom. The molecule has 0 heterocycles. The maximum Gasteiger partial charge on any atom is 0.231 e. The van der Waals surface area contributed by atoms with Crippen LogP contribution < -0.4 is 11.5 Å². The third kappa shape index (κ3) is 4.93. The number of rotatable bonds is 8. The largest absolute Gasteiger partial charge is 0.369 e. The van der Waals surface area contributed by atoms with E-state index in [1.165, 1.54) is 0 Å². The summed E-state index contributed by atoms with van der Waals surface area (Å²) in [6.07, 6.45) is 2.09. The van der Waals surface area contributed by atoms with Gasteiger partial charge in [0.25, 0.3) is 0 Å². The Morgan fingerprint density at radius 2 is 2.11 bits per heavy atom. The highest BCUT2D eigenvalue weighted by molar-refractivity contribution is 9.10. The van der Waals surface area contributed by atoms with Gasteiger partial charge in [0.05, 0.1) is 6.54 Å². The predicted octanol–water partition coefficient (Wildman–Crippen LogP) is 2.04. The third-order valence-electron chi connectivity index (χ3n) is 3.09. The topological polar surface area (TPSA) is 72.3 Å². The monoisotopic (exact) mass is 327 g/mol. The molecule has 1 unspecified atom stereocenters. The Hall–Kier alpha value is -0.910. The van der Waals surface area contributed by atoms with E-state index in [-0.39, 0.29) is 18.5 Å². The summed E-state index contributed by atoms with van der Waals surface area (Å²) < 4.78 is 1.01. The van der Waals surface area contributed by atoms with Gasteiger partial charge >= 0.3 is 0 Å². The number of unbranched alkanes of at least 4 members (excludes halogenated alkanes) is 1. The summed E-state index contributed by atoms with van der Waals surface area (Å²) in [5, 5.41) is 0. The molecule has 4 N–H and O–H groups in total. The second-order valence-corrected chi connectivity index (χ2v) is 5.42. The number of carbonyl (C=O) groups excluding carboxylic acids is 1. The number of hydrogen-bond acceptors (Lipinski definition) is 3. The first-order valence-electron chi connectivity index (χ1n) is 6.57. The molecule has 1 amide bonds. The van der Waals surface area contributed by atoms with Crippen LogP contribution in [0.2, 0.25) is 0 Å². The summed E-state index contributed by atoms with van der Waals surface area (Å²) >= 11 is 3.54.